The molecule has 3 aromatic rings. The SMILES string of the molecule is COCc1cc(N2CCN(c3ccc(OC)cc3)CC2)nc(SCc2ccc(C(=O)O)o2)n1. The maximum absolute atomic E-state index is 11.0. The molecule has 0 bridgehead atoms. The number of anilines is 2. The summed E-state index contributed by atoms with van der Waals surface area (Å²) in [5, 5.41) is 9.62. The highest BCUT2D eigenvalue weighted by molar-refractivity contribution is 7.98. The fourth-order valence-electron chi connectivity index (χ4n) is 3.60. The van der Waals surface area contributed by atoms with E-state index in [-0.39, 0.29) is 5.76 Å². The molecule has 2 aromatic heterocycles. The van der Waals surface area contributed by atoms with E-state index in [1.165, 1.54) is 23.5 Å². The van der Waals surface area contributed by atoms with Crippen LogP contribution in [0.1, 0.15) is 22.0 Å². The van der Waals surface area contributed by atoms with Gasteiger partial charge in [-0.05, 0) is 36.4 Å². The van der Waals surface area contributed by atoms with E-state index < -0.39 is 5.97 Å². The number of thioether (sulfide) groups is 1. The molecule has 0 amide bonds. The van der Waals surface area contributed by atoms with E-state index in [1.54, 1.807) is 20.3 Å². The number of carboxylic acids is 1. The van der Waals surface area contributed by atoms with E-state index in [4.69, 9.17) is 24.0 Å². The van der Waals surface area contributed by atoms with Crippen molar-refractivity contribution in [2.24, 2.45) is 0 Å². The summed E-state index contributed by atoms with van der Waals surface area (Å²) in [5.41, 5.74) is 1.97. The first-order valence-corrected chi connectivity index (χ1v) is 11.5. The molecule has 174 valence electrons. The minimum absolute atomic E-state index is 0.0740. The summed E-state index contributed by atoms with van der Waals surface area (Å²) >= 11 is 1.40. The van der Waals surface area contributed by atoms with Gasteiger partial charge < -0.3 is 28.8 Å². The van der Waals surface area contributed by atoms with E-state index in [9.17, 15) is 4.79 Å². The summed E-state index contributed by atoms with van der Waals surface area (Å²) < 4.78 is 15.9. The zero-order chi connectivity index (χ0) is 23.2. The maximum Gasteiger partial charge on any atom is 0.371 e. The smallest absolute Gasteiger partial charge is 0.371 e. The first kappa shape index (κ1) is 22.9. The Hall–Kier alpha value is -3.24. The van der Waals surface area contributed by atoms with Gasteiger partial charge in [-0.1, -0.05) is 11.8 Å². The van der Waals surface area contributed by atoms with E-state index in [0.717, 1.165) is 43.4 Å². The molecule has 0 radical (unpaired) electrons. The quantitative estimate of drug-likeness (QED) is 0.369. The van der Waals surface area contributed by atoms with Crippen LogP contribution in [0.25, 0.3) is 0 Å². The van der Waals surface area contributed by atoms with Crippen molar-refractivity contribution >= 4 is 29.2 Å². The normalized spacial score (nSPS) is 13.9. The lowest BCUT2D eigenvalue weighted by Crippen LogP contribution is -2.46. The third-order valence-electron chi connectivity index (χ3n) is 5.29. The van der Waals surface area contributed by atoms with Crippen LogP contribution < -0.4 is 14.5 Å². The molecule has 3 heterocycles. The third kappa shape index (κ3) is 5.77. The zero-order valence-corrected chi connectivity index (χ0v) is 19.4. The van der Waals surface area contributed by atoms with Gasteiger partial charge in [-0.2, -0.15) is 0 Å². The van der Waals surface area contributed by atoms with Crippen LogP contribution in [0.4, 0.5) is 11.5 Å². The van der Waals surface area contributed by atoms with Gasteiger partial charge in [-0.15, -0.1) is 0 Å². The summed E-state index contributed by atoms with van der Waals surface area (Å²) in [7, 11) is 3.31. The molecular weight excluding hydrogens is 444 g/mol. The molecular formula is C23H26N4O5S. The van der Waals surface area contributed by atoms with Crippen molar-refractivity contribution in [1.82, 2.24) is 9.97 Å². The molecule has 10 heteroatoms. The van der Waals surface area contributed by atoms with Crippen molar-refractivity contribution < 1.29 is 23.8 Å². The largest absolute Gasteiger partial charge is 0.497 e. The Balaban J connectivity index is 1.43. The molecule has 1 aromatic carbocycles. The van der Waals surface area contributed by atoms with E-state index in [0.29, 0.717) is 23.3 Å². The van der Waals surface area contributed by atoms with Crippen LogP contribution in [-0.2, 0) is 17.1 Å². The molecule has 1 aliphatic rings. The second-order valence-corrected chi connectivity index (χ2v) is 8.41. The fraction of sp³-hybridized carbons (Fsp3) is 0.348. The number of piperazine rings is 1. The van der Waals surface area contributed by atoms with Gasteiger partial charge in [0, 0.05) is 45.0 Å². The highest BCUT2D eigenvalue weighted by atomic mass is 32.2. The minimum Gasteiger partial charge on any atom is -0.497 e. The van der Waals surface area contributed by atoms with Crippen molar-refractivity contribution in [3.8, 4) is 5.75 Å². The van der Waals surface area contributed by atoms with E-state index in [1.807, 2.05) is 18.2 Å². The fourth-order valence-corrected chi connectivity index (χ4v) is 4.37. The highest BCUT2D eigenvalue weighted by Gasteiger charge is 2.20. The predicted octanol–water partition coefficient (Wildman–Crippen LogP) is 3.54. The lowest BCUT2D eigenvalue weighted by molar-refractivity contribution is 0.0661. The highest BCUT2D eigenvalue weighted by Crippen LogP contribution is 2.26. The van der Waals surface area contributed by atoms with Crippen LogP contribution in [0.5, 0.6) is 5.75 Å². The van der Waals surface area contributed by atoms with Crippen LogP contribution in [0.15, 0.2) is 52.0 Å². The van der Waals surface area contributed by atoms with Crippen molar-refractivity contribution in [3.05, 3.63) is 59.7 Å². The maximum atomic E-state index is 11.0. The van der Waals surface area contributed by atoms with Crippen LogP contribution in [-0.4, -0.2) is 61.4 Å². The average Bonchev–Trinajstić information content (AvgIpc) is 3.33. The van der Waals surface area contributed by atoms with Crippen molar-refractivity contribution in [2.75, 3.05) is 50.2 Å². The standard InChI is InChI=1S/C23H26N4O5S/c1-30-14-16-13-21(25-23(24-16)33-15-19-7-8-20(32-19)22(28)29)27-11-9-26(10-12-27)17-3-5-18(31-2)6-4-17/h3-8,13H,9-12,14-15H2,1-2H3,(H,28,29). The number of hydrogen-bond donors (Lipinski definition) is 1. The van der Waals surface area contributed by atoms with Crippen LogP contribution in [0.2, 0.25) is 0 Å². The number of aromatic nitrogens is 2. The molecule has 1 fully saturated rings. The molecule has 0 saturated carbocycles. The summed E-state index contributed by atoms with van der Waals surface area (Å²) in [6.07, 6.45) is 0. The number of rotatable bonds is 9. The molecule has 1 saturated heterocycles. The number of nitrogens with zero attached hydrogens (tertiary/aromatic N) is 4. The lowest BCUT2D eigenvalue weighted by atomic mass is 10.2. The molecule has 1 N–H and O–H groups in total. The summed E-state index contributed by atoms with van der Waals surface area (Å²) in [6, 6.07) is 13.2. The predicted molar refractivity (Wildman–Crippen MR) is 125 cm³/mol. The second kappa shape index (κ2) is 10.6. The van der Waals surface area contributed by atoms with Gasteiger partial charge in [-0.25, -0.2) is 14.8 Å². The van der Waals surface area contributed by atoms with E-state index in [2.05, 4.69) is 26.9 Å². The molecule has 0 unspecified atom stereocenters. The molecule has 9 nitrogen and oxygen atoms in total. The third-order valence-corrected chi connectivity index (χ3v) is 6.16. The van der Waals surface area contributed by atoms with Crippen LogP contribution >= 0.6 is 11.8 Å². The zero-order valence-electron chi connectivity index (χ0n) is 18.6. The topological polar surface area (TPSA) is 101 Å². The molecule has 1 aliphatic heterocycles. The monoisotopic (exact) mass is 470 g/mol. The molecule has 0 spiro atoms. The average molecular weight is 471 g/mol. The Kier molecular flexibility index (Phi) is 7.36. The van der Waals surface area contributed by atoms with Crippen LogP contribution in [0.3, 0.4) is 0 Å². The first-order valence-electron chi connectivity index (χ1n) is 10.5. The van der Waals surface area contributed by atoms with Crippen molar-refractivity contribution in [2.45, 2.75) is 17.5 Å². The van der Waals surface area contributed by atoms with Gasteiger partial charge in [0.25, 0.3) is 0 Å². The molecule has 0 aliphatic carbocycles. The number of aromatic carboxylic acids is 1. The second-order valence-electron chi connectivity index (χ2n) is 7.46. The Labute approximate surface area is 196 Å². The van der Waals surface area contributed by atoms with Gasteiger partial charge in [0.1, 0.15) is 17.3 Å². The van der Waals surface area contributed by atoms with Gasteiger partial charge in [0.05, 0.1) is 25.2 Å². The number of carboxylic acid groups (broad SMARTS) is 1. The Bertz CT molecular complexity index is 1080. The number of carbonyl (C=O) groups is 1. The van der Waals surface area contributed by atoms with Crippen molar-refractivity contribution in [1.29, 1.82) is 0 Å². The van der Waals surface area contributed by atoms with Gasteiger partial charge in [-0.3, -0.25) is 0 Å². The van der Waals surface area contributed by atoms with Gasteiger partial charge in [0.2, 0.25) is 5.76 Å². The molecule has 33 heavy (non-hydrogen) atoms. The molecule has 0 atom stereocenters. The van der Waals surface area contributed by atoms with E-state index >= 15 is 0 Å². The van der Waals surface area contributed by atoms with Crippen LogP contribution in [0, 0.1) is 0 Å². The number of benzene rings is 1. The Morgan fingerprint density at radius 1 is 1.06 bits per heavy atom. The Morgan fingerprint density at radius 3 is 2.42 bits per heavy atom. The van der Waals surface area contributed by atoms with Gasteiger partial charge in [0.15, 0.2) is 5.16 Å². The lowest BCUT2D eigenvalue weighted by Gasteiger charge is -2.37. The number of methoxy groups -OCH3 is 2. The van der Waals surface area contributed by atoms with Gasteiger partial charge >= 0.3 is 5.97 Å². The number of furan rings is 1. The first-order chi connectivity index (χ1) is 16.1. The van der Waals surface area contributed by atoms with Crippen molar-refractivity contribution in [3.63, 3.8) is 0 Å². The summed E-state index contributed by atoms with van der Waals surface area (Å²) in [6.45, 7) is 3.81. The summed E-state index contributed by atoms with van der Waals surface area (Å²) in [5.74, 6) is 1.56. The Morgan fingerprint density at radius 2 is 1.79 bits per heavy atom. The number of ether oxygens (including phenoxy) is 2. The minimum atomic E-state index is -1.08. The number of hydrogen-bond acceptors (Lipinski definition) is 9. The summed E-state index contributed by atoms with van der Waals surface area (Å²) in [4.78, 5) is 24.9. The molecule has 4 rings (SSSR count).